The zero-order valence-corrected chi connectivity index (χ0v) is 20.9. The topological polar surface area (TPSA) is 72.9 Å². The molecule has 6 nitrogen and oxygen atoms in total. The quantitative estimate of drug-likeness (QED) is 0.367. The molecule has 1 amide bonds. The first kappa shape index (κ1) is 25.8. The molecule has 0 saturated carbocycles. The van der Waals surface area contributed by atoms with E-state index in [1.54, 1.807) is 43.9 Å². The van der Waals surface area contributed by atoms with Gasteiger partial charge >= 0.3 is 5.97 Å². The number of benzene rings is 2. The third kappa shape index (κ3) is 6.38. The van der Waals surface area contributed by atoms with Crippen LogP contribution in [0.1, 0.15) is 69.1 Å². The molecule has 3 rings (SSSR count). The van der Waals surface area contributed by atoms with Gasteiger partial charge < -0.3 is 19.2 Å². The summed E-state index contributed by atoms with van der Waals surface area (Å²) in [5.41, 5.74) is 2.85. The van der Waals surface area contributed by atoms with Gasteiger partial charge in [0.1, 0.15) is 17.6 Å². The van der Waals surface area contributed by atoms with Crippen molar-refractivity contribution in [1.29, 1.82) is 0 Å². The fraction of sp³-hybridized carbons (Fsp3) is 0.444. The molecule has 7 heteroatoms. The number of amides is 1. The lowest BCUT2D eigenvalue weighted by Crippen LogP contribution is -2.28. The van der Waals surface area contributed by atoms with Crippen LogP contribution in [0, 0.1) is 0 Å². The van der Waals surface area contributed by atoms with Crippen LogP contribution in [0.2, 0.25) is 5.02 Å². The van der Waals surface area contributed by atoms with E-state index in [0.29, 0.717) is 35.2 Å². The molecule has 182 valence electrons. The normalized spacial score (nSPS) is 16.6. The van der Waals surface area contributed by atoms with Crippen LogP contribution < -0.4 is 9.64 Å². The van der Waals surface area contributed by atoms with Crippen LogP contribution in [0.15, 0.2) is 36.4 Å². The number of esters is 1. The summed E-state index contributed by atoms with van der Waals surface area (Å²) >= 11 is 6.23. The molecule has 0 N–H and O–H groups in total. The minimum atomic E-state index is -0.680. The van der Waals surface area contributed by atoms with E-state index in [1.165, 1.54) is 0 Å². The van der Waals surface area contributed by atoms with E-state index in [-0.39, 0.29) is 12.3 Å². The Morgan fingerprint density at radius 1 is 1.24 bits per heavy atom. The molecule has 0 bridgehead atoms. The first-order chi connectivity index (χ1) is 16.1. The molecular formula is C27H32ClNO5. The first-order valence-electron chi connectivity index (χ1n) is 11.6. The molecule has 2 atom stereocenters. The first-order valence-corrected chi connectivity index (χ1v) is 12.0. The van der Waals surface area contributed by atoms with Crippen molar-refractivity contribution >= 4 is 36.0 Å². The summed E-state index contributed by atoms with van der Waals surface area (Å²) in [4.78, 5) is 37.8. The van der Waals surface area contributed by atoms with Gasteiger partial charge in [-0.3, -0.25) is 9.59 Å². The molecule has 0 saturated heterocycles. The molecule has 0 spiro atoms. The maximum absolute atomic E-state index is 12.3. The summed E-state index contributed by atoms with van der Waals surface area (Å²) in [6.07, 6.45) is 3.31. The second kappa shape index (κ2) is 11.0. The summed E-state index contributed by atoms with van der Waals surface area (Å²) in [5.74, 6) is -0.607. The minimum absolute atomic E-state index is 0.0384. The molecule has 34 heavy (non-hydrogen) atoms. The van der Waals surface area contributed by atoms with Crippen molar-refractivity contribution in [3.05, 3.63) is 58.1 Å². The van der Waals surface area contributed by atoms with Crippen LogP contribution in [0.4, 0.5) is 5.69 Å². The second-order valence-electron chi connectivity index (χ2n) is 9.62. The number of carbonyl (C=O) groups is 3. The van der Waals surface area contributed by atoms with Gasteiger partial charge in [-0.2, -0.15) is 0 Å². The number of halogens is 1. The molecule has 1 aliphatic rings. The Balaban J connectivity index is 1.87. The Bertz CT molecular complexity index is 1050. The second-order valence-corrected chi connectivity index (χ2v) is 10.1. The van der Waals surface area contributed by atoms with Crippen molar-refractivity contribution < 1.29 is 23.9 Å². The van der Waals surface area contributed by atoms with Crippen LogP contribution >= 0.6 is 11.6 Å². The van der Waals surface area contributed by atoms with Gasteiger partial charge in [-0.05, 0) is 68.1 Å². The predicted octanol–water partition coefficient (Wildman–Crippen LogP) is 5.45. The van der Waals surface area contributed by atoms with Crippen molar-refractivity contribution in [2.24, 2.45) is 0 Å². The Kier molecular flexibility index (Phi) is 8.37. The zero-order valence-electron chi connectivity index (χ0n) is 20.2. The number of aldehydes is 1. The van der Waals surface area contributed by atoms with E-state index in [4.69, 9.17) is 21.1 Å². The third-order valence-corrected chi connectivity index (χ3v) is 5.98. The predicted molar refractivity (Wildman–Crippen MR) is 133 cm³/mol. The Hall–Kier alpha value is -2.86. The van der Waals surface area contributed by atoms with Gasteiger partial charge in [0.25, 0.3) is 0 Å². The fourth-order valence-electron chi connectivity index (χ4n) is 4.24. The maximum atomic E-state index is 12.3. The smallest absolute Gasteiger partial charge is 0.307 e. The van der Waals surface area contributed by atoms with Gasteiger partial charge in [0.05, 0.1) is 24.6 Å². The fourth-order valence-corrected chi connectivity index (χ4v) is 4.44. The highest BCUT2D eigenvalue weighted by Crippen LogP contribution is 2.37. The van der Waals surface area contributed by atoms with Crippen molar-refractivity contribution in [3.8, 4) is 5.75 Å². The Labute approximate surface area is 206 Å². The number of carbonyl (C=O) groups excluding carboxylic acids is 3. The van der Waals surface area contributed by atoms with Gasteiger partial charge in [0.15, 0.2) is 0 Å². The maximum Gasteiger partial charge on any atom is 0.307 e. The van der Waals surface area contributed by atoms with E-state index in [9.17, 15) is 14.4 Å². The average molecular weight is 486 g/mol. The van der Waals surface area contributed by atoms with E-state index in [1.807, 2.05) is 18.2 Å². The molecule has 1 heterocycles. The van der Waals surface area contributed by atoms with E-state index >= 15 is 0 Å². The lowest BCUT2D eigenvalue weighted by atomic mass is 9.92. The van der Waals surface area contributed by atoms with Crippen LogP contribution in [0.25, 0.3) is 0 Å². The number of aryl methyl sites for hydroxylation is 1. The van der Waals surface area contributed by atoms with Crippen LogP contribution in [0.5, 0.6) is 5.75 Å². The molecule has 0 fully saturated rings. The van der Waals surface area contributed by atoms with Crippen molar-refractivity contribution in [1.82, 2.24) is 0 Å². The summed E-state index contributed by atoms with van der Waals surface area (Å²) < 4.78 is 11.5. The molecule has 0 aliphatic carbocycles. The number of rotatable bonds is 8. The number of hydrogen-bond acceptors (Lipinski definition) is 5. The van der Waals surface area contributed by atoms with Gasteiger partial charge in [-0.25, -0.2) is 0 Å². The Morgan fingerprint density at radius 3 is 2.65 bits per heavy atom. The van der Waals surface area contributed by atoms with Gasteiger partial charge in [0.2, 0.25) is 6.41 Å². The van der Waals surface area contributed by atoms with Gasteiger partial charge in [0, 0.05) is 17.5 Å². The number of fused-ring (bicyclic) bond motifs is 1. The van der Waals surface area contributed by atoms with Gasteiger partial charge in [-0.15, -0.1) is 0 Å². The highest BCUT2D eigenvalue weighted by molar-refractivity contribution is 6.30. The third-order valence-electron chi connectivity index (χ3n) is 5.74. The minimum Gasteiger partial charge on any atom is -0.491 e. The SMILES string of the molecule is CCCc1cc(Cl)ccc1C1COc2ccc(C(C=O)CC(=O)OC(C)(C)C)cc2N(C=O)C1. The number of ether oxygens (including phenoxy) is 2. The summed E-state index contributed by atoms with van der Waals surface area (Å²) in [6.45, 7) is 8.30. The highest BCUT2D eigenvalue weighted by Gasteiger charge is 2.28. The van der Waals surface area contributed by atoms with Crippen molar-refractivity contribution in [2.45, 2.75) is 64.4 Å². The molecule has 2 unspecified atom stereocenters. The van der Waals surface area contributed by atoms with Crippen LogP contribution in [-0.2, 0) is 25.5 Å². The van der Waals surface area contributed by atoms with E-state index in [2.05, 4.69) is 6.92 Å². The van der Waals surface area contributed by atoms with Crippen molar-refractivity contribution in [2.75, 3.05) is 18.1 Å². The van der Waals surface area contributed by atoms with E-state index in [0.717, 1.165) is 36.7 Å². The van der Waals surface area contributed by atoms with E-state index < -0.39 is 17.5 Å². The summed E-state index contributed by atoms with van der Waals surface area (Å²) in [5, 5.41) is 0.687. The lowest BCUT2D eigenvalue weighted by molar-refractivity contribution is -0.155. The highest BCUT2D eigenvalue weighted by atomic mass is 35.5. The standard InChI is InChI=1S/C27H32ClNO5/c1-5-6-19-11-22(28)8-9-23(19)21-14-29(17-31)24-12-18(7-10-25(24)33-16-21)20(15-30)13-26(32)34-27(2,3)4/h7-12,15,17,20-21H,5-6,13-14,16H2,1-4H3. The lowest BCUT2D eigenvalue weighted by Gasteiger charge is -2.23. The van der Waals surface area contributed by atoms with Crippen LogP contribution in [0.3, 0.4) is 0 Å². The molecule has 2 aromatic carbocycles. The number of hydrogen-bond donors (Lipinski definition) is 0. The molecule has 1 aliphatic heterocycles. The average Bonchev–Trinajstić information content (AvgIpc) is 2.95. The summed E-state index contributed by atoms with van der Waals surface area (Å²) in [7, 11) is 0. The Morgan fingerprint density at radius 2 is 2.00 bits per heavy atom. The van der Waals surface area contributed by atoms with Crippen LogP contribution in [-0.4, -0.2) is 37.4 Å². The zero-order chi connectivity index (χ0) is 24.9. The van der Waals surface area contributed by atoms with Crippen molar-refractivity contribution in [3.63, 3.8) is 0 Å². The molecule has 0 radical (unpaired) electrons. The number of anilines is 1. The molecule has 2 aromatic rings. The largest absolute Gasteiger partial charge is 0.491 e. The number of nitrogens with zero attached hydrogens (tertiary/aromatic N) is 1. The van der Waals surface area contributed by atoms with Gasteiger partial charge in [-0.1, -0.05) is 37.1 Å². The molecule has 0 aromatic heterocycles. The summed E-state index contributed by atoms with van der Waals surface area (Å²) in [6, 6.07) is 11.1. The monoisotopic (exact) mass is 485 g/mol. The molecular weight excluding hydrogens is 454 g/mol.